The Kier molecular flexibility index (Phi) is 3.50. The fourth-order valence-corrected chi connectivity index (χ4v) is 4.50. The predicted octanol–water partition coefficient (Wildman–Crippen LogP) is 2.18. The second kappa shape index (κ2) is 5.14. The molecule has 106 valence electrons. The molecule has 3 aliphatic carbocycles. The third-order valence-corrected chi connectivity index (χ3v) is 5.49. The number of carbonyl (C=O) groups excluding carboxylic acids is 1. The van der Waals surface area contributed by atoms with Crippen molar-refractivity contribution in [3.63, 3.8) is 0 Å². The van der Waals surface area contributed by atoms with E-state index < -0.39 is 5.97 Å². The fourth-order valence-electron chi connectivity index (χ4n) is 4.50. The summed E-state index contributed by atoms with van der Waals surface area (Å²) in [5.74, 6) is -0.129. The predicted molar refractivity (Wildman–Crippen MR) is 70.5 cm³/mol. The number of carboxylic acids is 1. The molecule has 0 radical (unpaired) electrons. The zero-order valence-corrected chi connectivity index (χ0v) is 11.3. The minimum atomic E-state index is -0.721. The first kappa shape index (κ1) is 12.9. The number of amides is 1. The van der Waals surface area contributed by atoms with Gasteiger partial charge >= 0.3 is 5.97 Å². The van der Waals surface area contributed by atoms with Crippen molar-refractivity contribution in [3.05, 3.63) is 0 Å². The van der Waals surface area contributed by atoms with Crippen LogP contribution >= 0.6 is 0 Å². The highest BCUT2D eigenvalue weighted by Crippen LogP contribution is 2.48. The van der Waals surface area contributed by atoms with Crippen LogP contribution in [-0.4, -0.2) is 23.0 Å². The Morgan fingerprint density at radius 3 is 2.32 bits per heavy atom. The molecule has 0 saturated heterocycles. The van der Waals surface area contributed by atoms with Gasteiger partial charge < -0.3 is 10.4 Å². The maximum absolute atomic E-state index is 12.3. The van der Waals surface area contributed by atoms with E-state index in [0.29, 0.717) is 11.8 Å². The molecule has 19 heavy (non-hydrogen) atoms. The summed E-state index contributed by atoms with van der Waals surface area (Å²) >= 11 is 0. The minimum Gasteiger partial charge on any atom is -0.481 e. The molecule has 1 amide bonds. The molecule has 3 fully saturated rings. The van der Waals surface area contributed by atoms with Gasteiger partial charge in [0.2, 0.25) is 5.91 Å². The number of hydrogen-bond donors (Lipinski definition) is 2. The zero-order valence-electron chi connectivity index (χ0n) is 11.3. The number of carbonyl (C=O) groups is 2. The molecule has 2 N–H and O–H groups in total. The highest BCUT2D eigenvalue weighted by Gasteiger charge is 2.51. The van der Waals surface area contributed by atoms with Crippen LogP contribution in [0.1, 0.15) is 51.4 Å². The lowest BCUT2D eigenvalue weighted by molar-refractivity contribution is -0.145. The van der Waals surface area contributed by atoms with Crippen molar-refractivity contribution in [1.82, 2.24) is 5.32 Å². The second-order valence-corrected chi connectivity index (χ2v) is 6.57. The summed E-state index contributed by atoms with van der Waals surface area (Å²) in [4.78, 5) is 23.7. The van der Waals surface area contributed by atoms with Crippen LogP contribution in [0.25, 0.3) is 0 Å². The molecule has 4 heteroatoms. The zero-order chi connectivity index (χ0) is 13.4. The van der Waals surface area contributed by atoms with E-state index in [-0.39, 0.29) is 23.8 Å². The van der Waals surface area contributed by atoms with Crippen LogP contribution in [0.5, 0.6) is 0 Å². The first-order chi connectivity index (χ1) is 9.16. The number of hydrogen-bond acceptors (Lipinski definition) is 2. The van der Waals surface area contributed by atoms with E-state index in [1.165, 1.54) is 6.42 Å². The van der Waals surface area contributed by atoms with E-state index in [0.717, 1.165) is 44.9 Å². The van der Waals surface area contributed by atoms with E-state index in [1.54, 1.807) is 0 Å². The average Bonchev–Trinajstić information content (AvgIpc) is 3.00. The monoisotopic (exact) mass is 265 g/mol. The maximum atomic E-state index is 12.3. The number of fused-ring (bicyclic) bond motifs is 2. The lowest BCUT2D eigenvalue weighted by Gasteiger charge is -2.31. The van der Waals surface area contributed by atoms with E-state index in [1.807, 2.05) is 0 Å². The summed E-state index contributed by atoms with van der Waals surface area (Å²) in [7, 11) is 0. The van der Waals surface area contributed by atoms with Crippen molar-refractivity contribution in [3.8, 4) is 0 Å². The summed E-state index contributed by atoms with van der Waals surface area (Å²) in [5, 5.41) is 12.5. The molecule has 0 heterocycles. The van der Waals surface area contributed by atoms with Crippen molar-refractivity contribution >= 4 is 11.9 Å². The maximum Gasteiger partial charge on any atom is 0.308 e. The third-order valence-electron chi connectivity index (χ3n) is 5.49. The molecule has 2 bridgehead atoms. The van der Waals surface area contributed by atoms with Crippen molar-refractivity contribution in [2.75, 3.05) is 0 Å². The van der Waals surface area contributed by atoms with Crippen LogP contribution in [0, 0.1) is 23.7 Å². The Labute approximate surface area is 113 Å². The lowest BCUT2D eigenvalue weighted by atomic mass is 9.83. The van der Waals surface area contributed by atoms with Gasteiger partial charge in [-0.05, 0) is 43.9 Å². The minimum absolute atomic E-state index is 0.106. The lowest BCUT2D eigenvalue weighted by Crippen LogP contribution is -2.48. The largest absolute Gasteiger partial charge is 0.481 e. The van der Waals surface area contributed by atoms with Gasteiger partial charge in [0.05, 0.1) is 5.92 Å². The van der Waals surface area contributed by atoms with Crippen molar-refractivity contribution in [2.24, 2.45) is 23.7 Å². The Morgan fingerprint density at radius 1 is 0.947 bits per heavy atom. The third kappa shape index (κ3) is 2.37. The molecule has 0 aromatic rings. The molecular formula is C15H23NO3. The van der Waals surface area contributed by atoms with E-state index in [2.05, 4.69) is 5.32 Å². The summed E-state index contributed by atoms with van der Waals surface area (Å²) < 4.78 is 0. The number of carboxylic acid groups (broad SMARTS) is 1. The van der Waals surface area contributed by atoms with Crippen molar-refractivity contribution in [1.29, 1.82) is 0 Å². The van der Waals surface area contributed by atoms with Crippen LogP contribution in [0.3, 0.4) is 0 Å². The van der Waals surface area contributed by atoms with Crippen molar-refractivity contribution < 1.29 is 14.7 Å². The Balaban J connectivity index is 1.64. The SMILES string of the molecule is O=C(NC1C2CCC(C2)C1C(=O)O)C1CCCCC1. The molecule has 0 aromatic heterocycles. The first-order valence-electron chi connectivity index (χ1n) is 7.70. The smallest absolute Gasteiger partial charge is 0.308 e. The fraction of sp³-hybridized carbons (Fsp3) is 0.867. The first-order valence-corrected chi connectivity index (χ1v) is 7.70. The molecule has 4 nitrogen and oxygen atoms in total. The molecule has 3 saturated carbocycles. The standard InChI is InChI=1S/C15H23NO3/c17-14(9-4-2-1-3-5-9)16-13-11-7-6-10(8-11)12(13)15(18)19/h9-13H,1-8H2,(H,16,17)(H,18,19). The van der Waals surface area contributed by atoms with Crippen LogP contribution < -0.4 is 5.32 Å². The van der Waals surface area contributed by atoms with Gasteiger partial charge in [0, 0.05) is 12.0 Å². The van der Waals surface area contributed by atoms with Gasteiger partial charge in [-0.1, -0.05) is 19.3 Å². The van der Waals surface area contributed by atoms with Gasteiger partial charge in [0.25, 0.3) is 0 Å². The molecule has 3 rings (SSSR count). The highest BCUT2D eigenvalue weighted by atomic mass is 16.4. The summed E-state index contributed by atoms with van der Waals surface area (Å²) in [6, 6.07) is -0.106. The average molecular weight is 265 g/mol. The topological polar surface area (TPSA) is 66.4 Å². The summed E-state index contributed by atoms with van der Waals surface area (Å²) in [6.45, 7) is 0. The van der Waals surface area contributed by atoms with Gasteiger partial charge in [0.1, 0.15) is 0 Å². The molecule has 0 aromatic carbocycles. The van der Waals surface area contributed by atoms with Crippen molar-refractivity contribution in [2.45, 2.75) is 57.4 Å². The molecule has 3 aliphatic rings. The Bertz CT molecular complexity index is 376. The van der Waals surface area contributed by atoms with Gasteiger partial charge in [-0.15, -0.1) is 0 Å². The number of rotatable bonds is 3. The normalized spacial score (nSPS) is 38.3. The molecule has 0 spiro atoms. The van der Waals surface area contributed by atoms with E-state index in [9.17, 15) is 14.7 Å². The Morgan fingerprint density at radius 2 is 1.63 bits per heavy atom. The molecule has 0 aliphatic heterocycles. The van der Waals surface area contributed by atoms with Crippen LogP contribution in [0.15, 0.2) is 0 Å². The quantitative estimate of drug-likeness (QED) is 0.822. The van der Waals surface area contributed by atoms with Gasteiger partial charge in [-0.3, -0.25) is 9.59 Å². The van der Waals surface area contributed by atoms with Crippen LogP contribution in [-0.2, 0) is 9.59 Å². The highest BCUT2D eigenvalue weighted by molar-refractivity contribution is 5.80. The molecular weight excluding hydrogens is 242 g/mol. The van der Waals surface area contributed by atoms with Gasteiger partial charge in [-0.25, -0.2) is 0 Å². The summed E-state index contributed by atoms with van der Waals surface area (Å²) in [6.07, 6.45) is 8.56. The van der Waals surface area contributed by atoms with Crippen LogP contribution in [0.4, 0.5) is 0 Å². The molecule has 4 unspecified atom stereocenters. The Hall–Kier alpha value is -1.06. The summed E-state index contributed by atoms with van der Waals surface area (Å²) in [5.41, 5.74) is 0. The van der Waals surface area contributed by atoms with Crippen LogP contribution in [0.2, 0.25) is 0 Å². The molecule has 4 atom stereocenters. The van der Waals surface area contributed by atoms with Gasteiger partial charge in [0.15, 0.2) is 0 Å². The van der Waals surface area contributed by atoms with Gasteiger partial charge in [-0.2, -0.15) is 0 Å². The van der Waals surface area contributed by atoms with E-state index in [4.69, 9.17) is 0 Å². The number of nitrogens with one attached hydrogen (secondary N) is 1. The second-order valence-electron chi connectivity index (χ2n) is 6.57. The number of aliphatic carboxylic acids is 1. The van der Waals surface area contributed by atoms with E-state index >= 15 is 0 Å².